The number of para-hydroxylation sites is 1. The van der Waals surface area contributed by atoms with Crippen molar-refractivity contribution in [1.82, 2.24) is 9.88 Å². The zero-order valence-corrected chi connectivity index (χ0v) is 19.9. The molecule has 31 heavy (non-hydrogen) atoms. The Hall–Kier alpha value is -2.44. The highest BCUT2D eigenvalue weighted by atomic mass is 32.1. The molecule has 166 valence electrons. The standard InChI is InChI=1S/C25H33N3O2S/c1-5-8-17-30-21-13-10-12-20(18-21)24(29)28(16-15-27(6-2)7-3)25-26-23-19(4)11-9-14-22(23)31-25/h9-14,18H,5-8,15-17H2,1-4H3. The quantitative estimate of drug-likeness (QED) is 0.356. The van der Waals surface area contributed by atoms with Crippen molar-refractivity contribution in [3.8, 4) is 5.75 Å². The van der Waals surface area contributed by atoms with E-state index in [9.17, 15) is 4.79 Å². The first-order chi connectivity index (χ1) is 15.1. The molecule has 0 aliphatic carbocycles. The third-order valence-electron chi connectivity index (χ3n) is 5.47. The lowest BCUT2D eigenvalue weighted by Gasteiger charge is -2.25. The molecule has 0 fully saturated rings. The number of benzene rings is 2. The summed E-state index contributed by atoms with van der Waals surface area (Å²) in [5, 5.41) is 0.749. The van der Waals surface area contributed by atoms with E-state index in [2.05, 4.69) is 44.7 Å². The number of thiazole rings is 1. The number of anilines is 1. The van der Waals surface area contributed by atoms with E-state index in [1.165, 1.54) is 0 Å². The average Bonchev–Trinajstić information content (AvgIpc) is 3.22. The second-order valence-electron chi connectivity index (χ2n) is 7.63. The van der Waals surface area contributed by atoms with Gasteiger partial charge in [-0.2, -0.15) is 0 Å². The summed E-state index contributed by atoms with van der Waals surface area (Å²) < 4.78 is 6.93. The number of aryl methyl sites for hydroxylation is 1. The number of rotatable bonds is 11. The van der Waals surface area contributed by atoms with Gasteiger partial charge < -0.3 is 9.64 Å². The molecule has 0 atom stereocenters. The summed E-state index contributed by atoms with van der Waals surface area (Å²) >= 11 is 1.57. The van der Waals surface area contributed by atoms with Crippen LogP contribution in [0.25, 0.3) is 10.2 Å². The van der Waals surface area contributed by atoms with Crippen LogP contribution in [0.15, 0.2) is 42.5 Å². The Labute approximate surface area is 189 Å². The minimum Gasteiger partial charge on any atom is -0.494 e. The van der Waals surface area contributed by atoms with Crippen molar-refractivity contribution in [2.45, 2.75) is 40.5 Å². The van der Waals surface area contributed by atoms with Gasteiger partial charge in [-0.05, 0) is 56.3 Å². The molecule has 0 aliphatic rings. The lowest BCUT2D eigenvalue weighted by Crippen LogP contribution is -2.38. The number of likely N-dealkylation sites (N-methyl/N-ethyl adjacent to an activating group) is 1. The van der Waals surface area contributed by atoms with Gasteiger partial charge in [0, 0.05) is 18.7 Å². The molecule has 0 unspecified atom stereocenters. The molecular weight excluding hydrogens is 406 g/mol. The Balaban J connectivity index is 1.90. The number of nitrogens with zero attached hydrogens (tertiary/aromatic N) is 3. The largest absolute Gasteiger partial charge is 0.494 e. The van der Waals surface area contributed by atoms with Crippen LogP contribution in [0.3, 0.4) is 0 Å². The molecule has 0 saturated heterocycles. The van der Waals surface area contributed by atoms with Crippen molar-refractivity contribution in [1.29, 1.82) is 0 Å². The summed E-state index contributed by atoms with van der Waals surface area (Å²) in [5.74, 6) is 0.702. The number of amides is 1. The predicted octanol–water partition coefficient (Wildman–Crippen LogP) is 5.77. The number of ether oxygens (including phenoxy) is 1. The van der Waals surface area contributed by atoms with Gasteiger partial charge in [0.25, 0.3) is 5.91 Å². The molecule has 0 spiro atoms. The van der Waals surface area contributed by atoms with Crippen molar-refractivity contribution in [3.63, 3.8) is 0 Å². The van der Waals surface area contributed by atoms with Crippen LogP contribution in [0.5, 0.6) is 5.75 Å². The smallest absolute Gasteiger partial charge is 0.260 e. The number of carbonyl (C=O) groups excluding carboxylic acids is 1. The lowest BCUT2D eigenvalue weighted by atomic mass is 10.2. The van der Waals surface area contributed by atoms with E-state index in [0.29, 0.717) is 18.7 Å². The van der Waals surface area contributed by atoms with E-state index in [0.717, 1.165) is 59.1 Å². The first kappa shape index (κ1) is 23.2. The Morgan fingerprint density at radius 2 is 1.84 bits per heavy atom. The molecule has 2 aromatic carbocycles. The second kappa shape index (κ2) is 11.3. The van der Waals surface area contributed by atoms with Crippen LogP contribution in [0, 0.1) is 6.92 Å². The molecule has 5 nitrogen and oxygen atoms in total. The maximum Gasteiger partial charge on any atom is 0.260 e. The maximum atomic E-state index is 13.6. The van der Waals surface area contributed by atoms with Crippen molar-refractivity contribution in [2.24, 2.45) is 0 Å². The molecule has 1 amide bonds. The summed E-state index contributed by atoms with van der Waals surface area (Å²) in [6.45, 7) is 12.5. The van der Waals surface area contributed by atoms with E-state index in [4.69, 9.17) is 9.72 Å². The molecule has 1 aromatic heterocycles. The van der Waals surface area contributed by atoms with Crippen LogP contribution in [-0.4, -0.2) is 48.6 Å². The molecule has 3 rings (SSSR count). The Bertz CT molecular complexity index is 997. The number of fused-ring (bicyclic) bond motifs is 1. The fourth-order valence-electron chi connectivity index (χ4n) is 3.46. The van der Waals surface area contributed by atoms with Crippen LogP contribution in [0.4, 0.5) is 5.13 Å². The first-order valence-corrected chi connectivity index (χ1v) is 12.0. The van der Waals surface area contributed by atoms with Crippen LogP contribution >= 0.6 is 11.3 Å². The molecule has 6 heteroatoms. The fraction of sp³-hybridized carbons (Fsp3) is 0.440. The van der Waals surface area contributed by atoms with Crippen molar-refractivity contribution in [3.05, 3.63) is 53.6 Å². The predicted molar refractivity (Wildman–Crippen MR) is 131 cm³/mol. The Morgan fingerprint density at radius 1 is 1.06 bits per heavy atom. The minimum absolute atomic E-state index is 0.0372. The minimum atomic E-state index is -0.0372. The van der Waals surface area contributed by atoms with Gasteiger partial charge in [0.15, 0.2) is 5.13 Å². The van der Waals surface area contributed by atoms with Gasteiger partial charge in [0.1, 0.15) is 5.75 Å². The lowest BCUT2D eigenvalue weighted by molar-refractivity contribution is 0.0983. The van der Waals surface area contributed by atoms with Gasteiger partial charge in [-0.3, -0.25) is 9.69 Å². The Morgan fingerprint density at radius 3 is 2.55 bits per heavy atom. The van der Waals surface area contributed by atoms with Gasteiger partial charge >= 0.3 is 0 Å². The van der Waals surface area contributed by atoms with Crippen molar-refractivity contribution in [2.75, 3.05) is 37.7 Å². The number of carbonyl (C=O) groups is 1. The van der Waals surface area contributed by atoms with Crippen molar-refractivity contribution >= 4 is 32.6 Å². The zero-order chi connectivity index (χ0) is 22.2. The highest BCUT2D eigenvalue weighted by molar-refractivity contribution is 7.22. The van der Waals surface area contributed by atoms with Gasteiger partial charge in [-0.1, -0.05) is 56.7 Å². The third kappa shape index (κ3) is 5.83. The average molecular weight is 440 g/mol. The topological polar surface area (TPSA) is 45.7 Å². The molecule has 0 bridgehead atoms. The van der Waals surface area contributed by atoms with E-state index in [1.807, 2.05) is 35.2 Å². The number of hydrogen-bond donors (Lipinski definition) is 0. The van der Waals surface area contributed by atoms with Crippen LogP contribution in [0.1, 0.15) is 49.5 Å². The molecule has 3 aromatic rings. The number of hydrogen-bond acceptors (Lipinski definition) is 5. The van der Waals surface area contributed by atoms with Gasteiger partial charge in [-0.15, -0.1) is 0 Å². The van der Waals surface area contributed by atoms with Gasteiger partial charge in [-0.25, -0.2) is 4.98 Å². The van der Waals surface area contributed by atoms with E-state index >= 15 is 0 Å². The zero-order valence-electron chi connectivity index (χ0n) is 19.1. The summed E-state index contributed by atoms with van der Waals surface area (Å²) in [6.07, 6.45) is 2.08. The van der Waals surface area contributed by atoms with E-state index in [-0.39, 0.29) is 5.91 Å². The third-order valence-corrected chi connectivity index (χ3v) is 6.51. The molecule has 0 saturated carbocycles. The van der Waals surface area contributed by atoms with E-state index in [1.54, 1.807) is 11.3 Å². The van der Waals surface area contributed by atoms with E-state index < -0.39 is 0 Å². The van der Waals surface area contributed by atoms with Crippen LogP contribution in [-0.2, 0) is 0 Å². The van der Waals surface area contributed by atoms with Crippen LogP contribution < -0.4 is 9.64 Å². The molecule has 0 radical (unpaired) electrons. The SMILES string of the molecule is CCCCOc1cccc(C(=O)N(CCN(CC)CC)c2nc3c(C)cccc3s2)c1. The fourth-order valence-corrected chi connectivity index (χ4v) is 4.53. The second-order valence-corrected chi connectivity index (χ2v) is 8.64. The molecular formula is C25H33N3O2S. The maximum absolute atomic E-state index is 13.6. The summed E-state index contributed by atoms with van der Waals surface area (Å²) in [4.78, 5) is 22.6. The summed E-state index contributed by atoms with van der Waals surface area (Å²) in [6, 6.07) is 13.7. The van der Waals surface area contributed by atoms with Gasteiger partial charge in [0.05, 0.1) is 16.8 Å². The highest BCUT2D eigenvalue weighted by Gasteiger charge is 2.22. The monoisotopic (exact) mass is 439 g/mol. The van der Waals surface area contributed by atoms with Crippen LogP contribution in [0.2, 0.25) is 0 Å². The molecule has 0 N–H and O–H groups in total. The van der Waals surface area contributed by atoms with Crippen molar-refractivity contribution < 1.29 is 9.53 Å². The normalized spacial score (nSPS) is 11.3. The summed E-state index contributed by atoms with van der Waals surface area (Å²) in [7, 11) is 0. The van der Waals surface area contributed by atoms with Gasteiger partial charge in [0.2, 0.25) is 0 Å². The Kier molecular flexibility index (Phi) is 8.43. The molecule has 1 heterocycles. The molecule has 0 aliphatic heterocycles. The summed E-state index contributed by atoms with van der Waals surface area (Å²) in [5.41, 5.74) is 2.73. The number of aromatic nitrogens is 1. The first-order valence-electron chi connectivity index (χ1n) is 11.2. The highest BCUT2D eigenvalue weighted by Crippen LogP contribution is 2.31. The number of unbranched alkanes of at least 4 members (excludes halogenated alkanes) is 1.